The van der Waals surface area contributed by atoms with Crippen molar-refractivity contribution >= 4 is 21.7 Å². The van der Waals surface area contributed by atoms with Crippen molar-refractivity contribution in [3.63, 3.8) is 0 Å². The van der Waals surface area contributed by atoms with Gasteiger partial charge in [0.2, 0.25) is 10.0 Å². The van der Waals surface area contributed by atoms with Gasteiger partial charge >= 0.3 is 6.03 Å². The SMILES string of the molecule is CC(O)CN1CC(S(=O)(=O)NC(=O)Nc2c3c(cc4c2CCC4)CCC3)C1. The summed E-state index contributed by atoms with van der Waals surface area (Å²) in [5, 5.41) is 11.6. The number of anilines is 1. The van der Waals surface area contributed by atoms with E-state index >= 15 is 0 Å². The number of nitrogens with zero attached hydrogens (tertiary/aromatic N) is 1. The monoisotopic (exact) mass is 393 g/mol. The van der Waals surface area contributed by atoms with Crippen LogP contribution in [0.4, 0.5) is 10.5 Å². The average molecular weight is 394 g/mol. The van der Waals surface area contributed by atoms with Crippen LogP contribution in [0, 0.1) is 0 Å². The molecule has 8 heteroatoms. The summed E-state index contributed by atoms with van der Waals surface area (Å²) in [5.74, 6) is 0. The molecular formula is C19H27N3O4S. The van der Waals surface area contributed by atoms with Gasteiger partial charge in [0, 0.05) is 25.3 Å². The molecule has 3 N–H and O–H groups in total. The molecule has 0 saturated carbocycles. The molecule has 148 valence electrons. The van der Waals surface area contributed by atoms with Gasteiger partial charge in [-0.2, -0.15) is 0 Å². The van der Waals surface area contributed by atoms with Crippen LogP contribution in [0.3, 0.4) is 0 Å². The highest BCUT2D eigenvalue weighted by molar-refractivity contribution is 7.90. The molecule has 27 heavy (non-hydrogen) atoms. The number of hydrogen-bond acceptors (Lipinski definition) is 5. The fourth-order valence-electron chi connectivity index (χ4n) is 4.56. The van der Waals surface area contributed by atoms with Gasteiger partial charge in [0.25, 0.3) is 0 Å². The molecular weight excluding hydrogens is 366 g/mol. The molecule has 1 aliphatic heterocycles. The van der Waals surface area contributed by atoms with Gasteiger partial charge in [0.05, 0.1) is 6.10 Å². The first-order valence-corrected chi connectivity index (χ1v) is 11.3. The third kappa shape index (κ3) is 3.70. The average Bonchev–Trinajstić information content (AvgIpc) is 3.17. The number of benzene rings is 1. The molecule has 0 aromatic heterocycles. The number of aliphatic hydroxyl groups is 1. The fourth-order valence-corrected chi connectivity index (χ4v) is 5.85. The van der Waals surface area contributed by atoms with Crippen molar-refractivity contribution < 1.29 is 18.3 Å². The van der Waals surface area contributed by atoms with E-state index in [1.165, 1.54) is 22.3 Å². The van der Waals surface area contributed by atoms with Gasteiger partial charge in [-0.3, -0.25) is 4.90 Å². The zero-order chi connectivity index (χ0) is 19.2. The second-order valence-corrected chi connectivity index (χ2v) is 9.99. The van der Waals surface area contributed by atoms with Crippen LogP contribution < -0.4 is 10.0 Å². The minimum Gasteiger partial charge on any atom is -0.392 e. The summed E-state index contributed by atoms with van der Waals surface area (Å²) < 4.78 is 27.1. The number of aliphatic hydroxyl groups excluding tert-OH is 1. The first-order valence-electron chi connectivity index (χ1n) is 9.73. The molecule has 3 aliphatic rings. The first kappa shape index (κ1) is 18.7. The molecule has 1 unspecified atom stereocenters. The number of likely N-dealkylation sites (tertiary alicyclic amines) is 1. The maximum Gasteiger partial charge on any atom is 0.332 e. The van der Waals surface area contributed by atoms with E-state index in [0.717, 1.165) is 44.2 Å². The van der Waals surface area contributed by atoms with Crippen LogP contribution >= 0.6 is 0 Å². The zero-order valence-corrected chi connectivity index (χ0v) is 16.4. The highest BCUT2D eigenvalue weighted by Gasteiger charge is 2.38. The number of fused-ring (bicyclic) bond motifs is 2. The number of carbonyl (C=O) groups excluding carboxylic acids is 1. The minimum atomic E-state index is -3.73. The lowest BCUT2D eigenvalue weighted by atomic mass is 9.99. The predicted octanol–water partition coefficient (Wildman–Crippen LogP) is 1.18. The fraction of sp³-hybridized carbons (Fsp3) is 0.632. The van der Waals surface area contributed by atoms with E-state index in [1.807, 2.05) is 4.90 Å². The van der Waals surface area contributed by atoms with Crippen LogP contribution in [-0.4, -0.2) is 55.4 Å². The van der Waals surface area contributed by atoms with Crippen molar-refractivity contribution in [1.82, 2.24) is 9.62 Å². The van der Waals surface area contributed by atoms with Crippen molar-refractivity contribution in [2.24, 2.45) is 0 Å². The second kappa shape index (κ2) is 7.07. The molecule has 1 aromatic carbocycles. The van der Waals surface area contributed by atoms with Gasteiger partial charge in [0.1, 0.15) is 5.25 Å². The standard InChI is InChI=1S/C19H27N3O4S/c1-12(23)9-22-10-15(11-22)27(25,26)21-19(24)20-18-16-6-2-4-13(16)8-14-5-3-7-17(14)18/h8,12,15,23H,2-7,9-11H2,1H3,(H2,20,21,24). The molecule has 1 aromatic rings. The maximum atomic E-state index is 12.5. The summed E-state index contributed by atoms with van der Waals surface area (Å²) in [4.78, 5) is 14.3. The Bertz CT molecular complexity index is 828. The van der Waals surface area contributed by atoms with Crippen LogP contribution in [-0.2, 0) is 35.7 Å². The Morgan fingerprint density at radius 2 is 1.78 bits per heavy atom. The highest BCUT2D eigenvalue weighted by Crippen LogP contribution is 2.38. The second-order valence-electron chi connectivity index (χ2n) is 8.02. The number of amides is 2. The molecule has 0 bridgehead atoms. The van der Waals surface area contributed by atoms with Gasteiger partial charge in [-0.1, -0.05) is 6.07 Å². The van der Waals surface area contributed by atoms with Gasteiger partial charge in [-0.25, -0.2) is 17.9 Å². The van der Waals surface area contributed by atoms with E-state index in [1.54, 1.807) is 6.92 Å². The molecule has 1 fully saturated rings. The van der Waals surface area contributed by atoms with E-state index < -0.39 is 27.4 Å². The van der Waals surface area contributed by atoms with E-state index in [9.17, 15) is 18.3 Å². The van der Waals surface area contributed by atoms with E-state index in [2.05, 4.69) is 16.1 Å². The van der Waals surface area contributed by atoms with Crippen LogP contribution in [0.2, 0.25) is 0 Å². The summed E-state index contributed by atoms with van der Waals surface area (Å²) in [7, 11) is -3.73. The van der Waals surface area contributed by atoms with Crippen molar-refractivity contribution in [2.45, 2.75) is 56.8 Å². The topological polar surface area (TPSA) is 98.7 Å². The number of nitrogens with one attached hydrogen (secondary N) is 2. The Morgan fingerprint density at radius 3 is 2.33 bits per heavy atom. The number of hydrogen-bond donors (Lipinski definition) is 3. The Hall–Kier alpha value is -1.64. The summed E-state index contributed by atoms with van der Waals surface area (Å²) in [6.45, 7) is 2.79. The van der Waals surface area contributed by atoms with Crippen LogP contribution in [0.1, 0.15) is 42.0 Å². The lowest BCUT2D eigenvalue weighted by molar-refractivity contribution is 0.0915. The highest BCUT2D eigenvalue weighted by atomic mass is 32.2. The van der Waals surface area contributed by atoms with Crippen LogP contribution in [0.15, 0.2) is 6.07 Å². The molecule has 0 spiro atoms. The molecule has 1 heterocycles. The van der Waals surface area contributed by atoms with Gasteiger partial charge in [0.15, 0.2) is 0 Å². The normalized spacial score (nSPS) is 20.7. The Labute approximate surface area is 160 Å². The summed E-state index contributed by atoms with van der Waals surface area (Å²) >= 11 is 0. The molecule has 2 aliphatic carbocycles. The lowest BCUT2D eigenvalue weighted by Gasteiger charge is -2.38. The molecule has 4 rings (SSSR count). The smallest absolute Gasteiger partial charge is 0.332 e. The van der Waals surface area contributed by atoms with Crippen molar-refractivity contribution in [3.05, 3.63) is 28.3 Å². The van der Waals surface area contributed by atoms with Crippen LogP contribution in [0.25, 0.3) is 0 Å². The van der Waals surface area contributed by atoms with E-state index in [4.69, 9.17) is 0 Å². The van der Waals surface area contributed by atoms with Crippen LogP contribution in [0.5, 0.6) is 0 Å². The third-order valence-electron chi connectivity index (χ3n) is 5.83. The number of sulfonamides is 1. The Morgan fingerprint density at radius 1 is 1.19 bits per heavy atom. The van der Waals surface area contributed by atoms with Crippen molar-refractivity contribution in [3.8, 4) is 0 Å². The number of aryl methyl sites for hydroxylation is 2. The van der Waals surface area contributed by atoms with Gasteiger partial charge in [-0.05, 0) is 67.7 Å². The molecule has 2 amide bonds. The van der Waals surface area contributed by atoms with E-state index in [-0.39, 0.29) is 0 Å². The van der Waals surface area contributed by atoms with Gasteiger partial charge in [-0.15, -0.1) is 0 Å². The lowest BCUT2D eigenvalue weighted by Crippen LogP contribution is -2.59. The first-order chi connectivity index (χ1) is 12.8. The minimum absolute atomic E-state index is 0.337. The largest absolute Gasteiger partial charge is 0.392 e. The van der Waals surface area contributed by atoms with E-state index in [0.29, 0.717) is 19.6 Å². The number of β-amino-alcohol motifs (C(OH)–C–C–N with tert-alkyl or cyclic N) is 1. The summed E-state index contributed by atoms with van der Waals surface area (Å²) in [5.41, 5.74) is 5.78. The zero-order valence-electron chi connectivity index (χ0n) is 15.6. The van der Waals surface area contributed by atoms with Gasteiger partial charge < -0.3 is 10.4 Å². The molecule has 1 saturated heterocycles. The quantitative estimate of drug-likeness (QED) is 0.698. The number of urea groups is 1. The maximum absolute atomic E-state index is 12.5. The predicted molar refractivity (Wildman–Crippen MR) is 103 cm³/mol. The Kier molecular flexibility index (Phi) is 4.90. The molecule has 1 atom stereocenters. The summed E-state index contributed by atoms with van der Waals surface area (Å²) in [6, 6.07) is 1.61. The Balaban J connectivity index is 1.44. The third-order valence-corrected chi connectivity index (χ3v) is 7.48. The molecule has 0 radical (unpaired) electrons. The molecule has 7 nitrogen and oxygen atoms in total. The number of rotatable bonds is 5. The van der Waals surface area contributed by atoms with Crippen molar-refractivity contribution in [2.75, 3.05) is 25.0 Å². The van der Waals surface area contributed by atoms with Crippen molar-refractivity contribution in [1.29, 1.82) is 0 Å². The number of carbonyl (C=O) groups is 1. The summed E-state index contributed by atoms with van der Waals surface area (Å²) in [6.07, 6.45) is 5.58.